The first-order chi connectivity index (χ1) is 13.4. The van der Waals surface area contributed by atoms with Crippen LogP contribution in [-0.2, 0) is 22.1 Å². The van der Waals surface area contributed by atoms with Crippen LogP contribution < -0.4 is 14.9 Å². The summed E-state index contributed by atoms with van der Waals surface area (Å²) in [6, 6.07) is 10.5. The number of rotatable bonds is 5. The number of hydrogen-bond donors (Lipinski definition) is 0. The summed E-state index contributed by atoms with van der Waals surface area (Å²) in [5, 5.41) is 0. The average molecular weight is 408 g/mol. The van der Waals surface area contributed by atoms with Crippen molar-refractivity contribution in [3.63, 3.8) is 0 Å². The van der Waals surface area contributed by atoms with Crippen molar-refractivity contribution < 1.29 is 32.0 Å². The monoisotopic (exact) mass is 408 g/mol. The molecular formula is C21H24BF3O4. The lowest BCUT2D eigenvalue weighted by Crippen LogP contribution is -2.41. The molecule has 4 nitrogen and oxygen atoms in total. The molecule has 29 heavy (non-hydrogen) atoms. The van der Waals surface area contributed by atoms with Gasteiger partial charge in [0.2, 0.25) is 0 Å². The van der Waals surface area contributed by atoms with Crippen LogP contribution in [0.25, 0.3) is 0 Å². The third-order valence-corrected chi connectivity index (χ3v) is 5.42. The topological polar surface area (TPSA) is 36.9 Å². The Kier molecular flexibility index (Phi) is 5.62. The highest BCUT2D eigenvalue weighted by Gasteiger charge is 2.51. The summed E-state index contributed by atoms with van der Waals surface area (Å²) in [5.74, 6) is 0.728. The van der Waals surface area contributed by atoms with Crippen molar-refractivity contribution in [1.29, 1.82) is 0 Å². The van der Waals surface area contributed by atoms with Crippen molar-refractivity contribution in [2.45, 2.75) is 51.7 Å². The zero-order valence-corrected chi connectivity index (χ0v) is 17.1. The summed E-state index contributed by atoms with van der Waals surface area (Å²) in [7, 11) is 0.897. The van der Waals surface area contributed by atoms with E-state index in [4.69, 9.17) is 18.8 Å². The maximum absolute atomic E-state index is 13.2. The number of hydrogen-bond acceptors (Lipinski definition) is 4. The first-order valence-electron chi connectivity index (χ1n) is 9.26. The molecule has 1 fully saturated rings. The maximum Gasteiger partial charge on any atom is 0.494 e. The van der Waals surface area contributed by atoms with Gasteiger partial charge in [-0.2, -0.15) is 13.2 Å². The molecule has 1 aliphatic rings. The minimum atomic E-state index is -4.44. The van der Waals surface area contributed by atoms with Gasteiger partial charge in [0.15, 0.2) is 11.5 Å². The molecule has 1 aliphatic heterocycles. The van der Waals surface area contributed by atoms with Gasteiger partial charge < -0.3 is 18.8 Å². The Morgan fingerprint density at radius 3 is 2.14 bits per heavy atom. The highest BCUT2D eigenvalue weighted by atomic mass is 19.4. The molecule has 0 bridgehead atoms. The fourth-order valence-electron chi connectivity index (χ4n) is 3.01. The van der Waals surface area contributed by atoms with Crippen LogP contribution in [0.2, 0.25) is 0 Å². The van der Waals surface area contributed by atoms with E-state index in [1.165, 1.54) is 19.2 Å². The molecule has 0 saturated carbocycles. The Hall–Kier alpha value is -2.19. The van der Waals surface area contributed by atoms with Crippen LogP contribution in [0.15, 0.2) is 42.5 Å². The largest absolute Gasteiger partial charge is 0.494 e. The fourth-order valence-corrected chi connectivity index (χ4v) is 3.01. The third kappa shape index (κ3) is 4.38. The summed E-state index contributed by atoms with van der Waals surface area (Å²) in [4.78, 5) is 0. The van der Waals surface area contributed by atoms with Crippen LogP contribution in [0.5, 0.6) is 11.5 Å². The van der Waals surface area contributed by atoms with Gasteiger partial charge in [0, 0.05) is 5.56 Å². The number of ether oxygens (including phenoxy) is 2. The van der Waals surface area contributed by atoms with Crippen molar-refractivity contribution in [3.8, 4) is 11.5 Å². The smallest absolute Gasteiger partial charge is 0.493 e. The number of benzene rings is 2. The Morgan fingerprint density at radius 2 is 1.55 bits per heavy atom. The van der Waals surface area contributed by atoms with Crippen molar-refractivity contribution in [1.82, 2.24) is 0 Å². The summed E-state index contributed by atoms with van der Waals surface area (Å²) < 4.78 is 62.6. The molecule has 8 heteroatoms. The molecule has 2 aromatic carbocycles. The Bertz CT molecular complexity index is 864. The second-order valence-electron chi connectivity index (χ2n) is 7.94. The summed E-state index contributed by atoms with van der Waals surface area (Å²) in [6.45, 7) is 7.60. The molecule has 0 amide bonds. The lowest BCUT2D eigenvalue weighted by atomic mass is 9.79. The third-order valence-electron chi connectivity index (χ3n) is 5.42. The van der Waals surface area contributed by atoms with Gasteiger partial charge in [-0.05, 0) is 51.4 Å². The lowest BCUT2D eigenvalue weighted by molar-refractivity contribution is -0.138. The van der Waals surface area contributed by atoms with Crippen LogP contribution in [0.4, 0.5) is 13.2 Å². The first-order valence-corrected chi connectivity index (χ1v) is 9.26. The predicted molar refractivity (Wildman–Crippen MR) is 104 cm³/mol. The molecule has 0 radical (unpaired) electrons. The Morgan fingerprint density at radius 1 is 0.931 bits per heavy atom. The normalized spacial score (nSPS) is 18.0. The quantitative estimate of drug-likeness (QED) is 0.679. The van der Waals surface area contributed by atoms with Gasteiger partial charge in [0.05, 0.1) is 23.9 Å². The Labute approximate surface area is 169 Å². The summed E-state index contributed by atoms with van der Waals surface area (Å²) in [5.41, 5.74) is -0.892. The Balaban J connectivity index is 1.79. The minimum Gasteiger partial charge on any atom is -0.493 e. The van der Waals surface area contributed by atoms with Crippen LogP contribution in [-0.4, -0.2) is 25.4 Å². The fraction of sp³-hybridized carbons (Fsp3) is 0.429. The minimum absolute atomic E-state index is 0.0529. The number of methoxy groups -OCH3 is 1. The maximum atomic E-state index is 13.2. The molecule has 0 N–H and O–H groups in total. The molecule has 0 spiro atoms. The molecule has 1 saturated heterocycles. The molecule has 0 aliphatic carbocycles. The van der Waals surface area contributed by atoms with Crippen molar-refractivity contribution >= 4 is 12.6 Å². The molecule has 156 valence electrons. The van der Waals surface area contributed by atoms with Gasteiger partial charge in [-0.3, -0.25) is 0 Å². The van der Waals surface area contributed by atoms with Gasteiger partial charge in [-0.15, -0.1) is 0 Å². The van der Waals surface area contributed by atoms with Gasteiger partial charge in [-0.1, -0.05) is 24.3 Å². The zero-order chi connectivity index (χ0) is 21.4. The molecule has 0 aromatic heterocycles. The summed E-state index contributed by atoms with van der Waals surface area (Å²) in [6.07, 6.45) is -4.44. The van der Waals surface area contributed by atoms with Crippen molar-refractivity contribution in [3.05, 3.63) is 53.6 Å². The second kappa shape index (κ2) is 7.57. The zero-order valence-electron chi connectivity index (χ0n) is 17.1. The van der Waals surface area contributed by atoms with Gasteiger partial charge in [-0.25, -0.2) is 0 Å². The highest BCUT2D eigenvalue weighted by Crippen LogP contribution is 2.37. The van der Waals surface area contributed by atoms with E-state index >= 15 is 0 Å². The first kappa shape index (κ1) is 21.5. The molecule has 0 unspecified atom stereocenters. The molecule has 0 atom stereocenters. The number of halogens is 3. The second-order valence-corrected chi connectivity index (χ2v) is 7.94. The van der Waals surface area contributed by atoms with Gasteiger partial charge >= 0.3 is 13.3 Å². The van der Waals surface area contributed by atoms with Gasteiger partial charge in [0.25, 0.3) is 0 Å². The van der Waals surface area contributed by atoms with E-state index < -0.39 is 30.1 Å². The number of alkyl halides is 3. The predicted octanol–water partition coefficient (Wildman–Crippen LogP) is 4.59. The van der Waals surface area contributed by atoms with E-state index in [2.05, 4.69) is 0 Å². The average Bonchev–Trinajstić information content (AvgIpc) is 2.86. The van der Waals surface area contributed by atoms with Crippen molar-refractivity contribution in [2.24, 2.45) is 0 Å². The van der Waals surface area contributed by atoms with Gasteiger partial charge in [0.1, 0.15) is 6.61 Å². The molecule has 3 rings (SSSR count). The van der Waals surface area contributed by atoms with Crippen LogP contribution >= 0.6 is 0 Å². The van der Waals surface area contributed by atoms with E-state index in [-0.39, 0.29) is 12.2 Å². The van der Waals surface area contributed by atoms with Crippen molar-refractivity contribution in [2.75, 3.05) is 7.11 Å². The van der Waals surface area contributed by atoms with E-state index in [1.807, 2.05) is 27.7 Å². The molecule has 2 aromatic rings. The molecular weight excluding hydrogens is 384 g/mol. The van der Waals surface area contributed by atoms with E-state index in [0.29, 0.717) is 11.5 Å². The molecule has 1 heterocycles. The van der Waals surface area contributed by atoms with Crippen LogP contribution in [0.1, 0.15) is 38.8 Å². The highest BCUT2D eigenvalue weighted by molar-refractivity contribution is 6.62. The van der Waals surface area contributed by atoms with E-state index in [0.717, 1.165) is 11.5 Å². The van der Waals surface area contributed by atoms with Crippen LogP contribution in [0.3, 0.4) is 0 Å². The SMILES string of the molecule is COc1cc(B2OC(C)(C)C(C)(C)O2)ccc1OCc1ccccc1C(F)(F)F. The van der Waals surface area contributed by atoms with E-state index in [1.54, 1.807) is 24.3 Å². The van der Waals surface area contributed by atoms with Crippen LogP contribution in [0, 0.1) is 0 Å². The summed E-state index contributed by atoms with van der Waals surface area (Å²) >= 11 is 0. The van der Waals surface area contributed by atoms with E-state index in [9.17, 15) is 13.2 Å². The lowest BCUT2D eigenvalue weighted by Gasteiger charge is -2.32. The standard InChI is InChI=1S/C21H24BF3O4/c1-19(2)20(3,4)29-22(28-19)15-10-11-17(18(12-15)26-5)27-13-14-8-6-7-9-16(14)21(23,24)25/h6-12H,13H2,1-5H3.